The number of hydrogen-bond acceptors (Lipinski definition) is 3. The Kier molecular flexibility index (Phi) is 4.62. The first-order valence-electron chi connectivity index (χ1n) is 4.94. The summed E-state index contributed by atoms with van der Waals surface area (Å²) in [5.41, 5.74) is 1.25. The van der Waals surface area contributed by atoms with Crippen LogP contribution in [0.5, 0.6) is 0 Å². The average molecular weight is 232 g/mol. The van der Waals surface area contributed by atoms with Crippen molar-refractivity contribution in [1.29, 1.82) is 0 Å². The van der Waals surface area contributed by atoms with Gasteiger partial charge in [-0.3, -0.25) is 0 Å². The minimum atomic E-state index is -1.75. The molecule has 0 saturated heterocycles. The van der Waals surface area contributed by atoms with Crippen molar-refractivity contribution in [2.45, 2.75) is 6.54 Å². The van der Waals surface area contributed by atoms with Gasteiger partial charge in [-0.1, -0.05) is 18.7 Å². The Hall–Kier alpha value is -2.43. The van der Waals surface area contributed by atoms with E-state index >= 15 is 0 Å². The number of allylic oxidation sites excluding steroid dienone is 1. The van der Waals surface area contributed by atoms with E-state index in [2.05, 4.69) is 53.7 Å². The summed E-state index contributed by atoms with van der Waals surface area (Å²) in [6.07, 6.45) is 3.98. The Bertz CT molecular complexity index is 517. The molecule has 0 saturated carbocycles. The molecule has 1 aromatic carbocycles. The SMILES string of the molecule is C=CC[n+]1cccc2ccccc21.O=[N+]([O-])[O-]. The summed E-state index contributed by atoms with van der Waals surface area (Å²) in [6.45, 7) is 4.60. The predicted octanol–water partition coefficient (Wildman–Crippen LogP) is 2.07. The number of benzene rings is 1. The molecule has 2 aromatic rings. The summed E-state index contributed by atoms with van der Waals surface area (Å²) >= 11 is 0. The first kappa shape index (κ1) is 12.6. The number of rotatable bonds is 2. The molecule has 0 atom stereocenters. The van der Waals surface area contributed by atoms with Gasteiger partial charge in [0, 0.05) is 17.5 Å². The van der Waals surface area contributed by atoms with E-state index in [1.54, 1.807) is 0 Å². The second-order valence-electron chi connectivity index (χ2n) is 3.23. The van der Waals surface area contributed by atoms with Gasteiger partial charge in [-0.25, -0.2) is 0 Å². The zero-order valence-electron chi connectivity index (χ0n) is 9.15. The summed E-state index contributed by atoms with van der Waals surface area (Å²) < 4.78 is 2.18. The van der Waals surface area contributed by atoms with E-state index in [0.29, 0.717) is 0 Å². The maximum absolute atomic E-state index is 8.25. The van der Waals surface area contributed by atoms with Crippen molar-refractivity contribution in [2.75, 3.05) is 0 Å². The lowest BCUT2D eigenvalue weighted by Gasteiger charge is -1.96. The van der Waals surface area contributed by atoms with Crippen LogP contribution < -0.4 is 4.57 Å². The van der Waals surface area contributed by atoms with Crippen molar-refractivity contribution >= 4 is 10.9 Å². The molecule has 0 aliphatic rings. The number of para-hydroxylation sites is 1. The summed E-state index contributed by atoms with van der Waals surface area (Å²) in [5.74, 6) is 0. The Balaban J connectivity index is 0.000000317. The predicted molar refractivity (Wildman–Crippen MR) is 64.7 cm³/mol. The Morgan fingerprint density at radius 1 is 1.24 bits per heavy atom. The van der Waals surface area contributed by atoms with Gasteiger partial charge in [-0.2, -0.15) is 4.57 Å². The summed E-state index contributed by atoms with van der Waals surface area (Å²) in [4.78, 5) is 8.25. The van der Waals surface area contributed by atoms with Crippen LogP contribution in [0, 0.1) is 15.3 Å². The molecule has 88 valence electrons. The van der Waals surface area contributed by atoms with Gasteiger partial charge in [-0.15, -0.1) is 0 Å². The minimum absolute atomic E-state index is 0.862. The third-order valence-corrected chi connectivity index (χ3v) is 2.11. The minimum Gasteiger partial charge on any atom is -0.356 e. The van der Waals surface area contributed by atoms with Crippen LogP contribution in [0.1, 0.15) is 0 Å². The quantitative estimate of drug-likeness (QED) is 0.344. The van der Waals surface area contributed by atoms with Crippen molar-refractivity contribution in [3.63, 3.8) is 0 Å². The largest absolute Gasteiger partial charge is 0.356 e. The average Bonchev–Trinajstić information content (AvgIpc) is 2.29. The van der Waals surface area contributed by atoms with Gasteiger partial charge >= 0.3 is 0 Å². The molecule has 0 unspecified atom stereocenters. The van der Waals surface area contributed by atoms with E-state index in [9.17, 15) is 0 Å². The summed E-state index contributed by atoms with van der Waals surface area (Å²) in [5, 5.41) is 16.0. The molecular formula is C12H12N2O3. The standard InChI is InChI=1S/C12H12N.NO3/c1-2-9-13-10-5-7-11-6-3-4-8-12(11)13;2-1(3)4/h2-8,10H,1,9H2;/q+1;-1. The highest BCUT2D eigenvalue weighted by atomic mass is 16.9. The highest BCUT2D eigenvalue weighted by molar-refractivity contribution is 5.74. The topological polar surface area (TPSA) is 70.1 Å². The molecule has 1 aromatic heterocycles. The molecule has 0 spiro atoms. The van der Waals surface area contributed by atoms with Gasteiger partial charge in [0.05, 0.1) is 5.09 Å². The van der Waals surface area contributed by atoms with Crippen molar-refractivity contribution < 1.29 is 9.65 Å². The smallest absolute Gasteiger partial charge is 0.212 e. The Morgan fingerprint density at radius 2 is 1.82 bits per heavy atom. The van der Waals surface area contributed by atoms with Crippen LogP contribution in [0.15, 0.2) is 55.3 Å². The molecule has 0 aliphatic heterocycles. The number of pyridine rings is 1. The Labute approximate surface area is 98.4 Å². The monoisotopic (exact) mass is 232 g/mol. The molecule has 1 heterocycles. The van der Waals surface area contributed by atoms with E-state index < -0.39 is 5.09 Å². The van der Waals surface area contributed by atoms with E-state index in [4.69, 9.17) is 15.3 Å². The van der Waals surface area contributed by atoms with Crippen LogP contribution in [-0.4, -0.2) is 5.09 Å². The fourth-order valence-corrected chi connectivity index (χ4v) is 1.52. The molecule has 5 heteroatoms. The van der Waals surface area contributed by atoms with Gasteiger partial charge in [-0.05, 0) is 18.2 Å². The third kappa shape index (κ3) is 3.90. The molecule has 2 rings (SSSR count). The fraction of sp³-hybridized carbons (Fsp3) is 0.0833. The third-order valence-electron chi connectivity index (χ3n) is 2.11. The first-order chi connectivity index (χ1) is 8.15. The van der Waals surface area contributed by atoms with Crippen molar-refractivity contribution in [3.05, 3.63) is 70.6 Å². The zero-order chi connectivity index (χ0) is 12.7. The molecule has 17 heavy (non-hydrogen) atoms. The highest BCUT2D eigenvalue weighted by Crippen LogP contribution is 2.07. The fourth-order valence-electron chi connectivity index (χ4n) is 1.52. The maximum Gasteiger partial charge on any atom is 0.212 e. The van der Waals surface area contributed by atoms with Gasteiger partial charge < -0.3 is 15.3 Å². The lowest BCUT2D eigenvalue weighted by molar-refractivity contribution is -0.660. The van der Waals surface area contributed by atoms with Crippen molar-refractivity contribution in [1.82, 2.24) is 0 Å². The van der Waals surface area contributed by atoms with Gasteiger partial charge in [0.25, 0.3) is 0 Å². The van der Waals surface area contributed by atoms with Crippen LogP contribution in [0.25, 0.3) is 10.9 Å². The normalized spacial score (nSPS) is 9.18. The Morgan fingerprint density at radius 3 is 2.47 bits per heavy atom. The molecule has 0 N–H and O–H groups in total. The van der Waals surface area contributed by atoms with Crippen molar-refractivity contribution in [2.24, 2.45) is 0 Å². The molecule has 5 nitrogen and oxygen atoms in total. The highest BCUT2D eigenvalue weighted by Gasteiger charge is 2.03. The molecule has 0 amide bonds. The molecular weight excluding hydrogens is 220 g/mol. The number of aromatic nitrogens is 1. The second kappa shape index (κ2) is 6.22. The van der Waals surface area contributed by atoms with Crippen LogP contribution in [0.3, 0.4) is 0 Å². The number of hydrogen-bond donors (Lipinski definition) is 0. The van der Waals surface area contributed by atoms with Crippen LogP contribution in [-0.2, 0) is 6.54 Å². The van der Waals surface area contributed by atoms with Crippen molar-refractivity contribution in [3.8, 4) is 0 Å². The lowest BCUT2D eigenvalue weighted by Crippen LogP contribution is -2.32. The molecule has 0 radical (unpaired) electrons. The van der Waals surface area contributed by atoms with Gasteiger partial charge in [0.2, 0.25) is 5.52 Å². The van der Waals surface area contributed by atoms with E-state index in [1.165, 1.54) is 10.9 Å². The van der Waals surface area contributed by atoms with Crippen LogP contribution in [0.4, 0.5) is 0 Å². The summed E-state index contributed by atoms with van der Waals surface area (Å²) in [7, 11) is 0. The molecule has 0 fully saturated rings. The number of nitrogens with zero attached hydrogens (tertiary/aromatic N) is 2. The molecule has 0 bridgehead atoms. The lowest BCUT2D eigenvalue weighted by atomic mass is 10.2. The van der Waals surface area contributed by atoms with E-state index in [0.717, 1.165) is 6.54 Å². The first-order valence-corrected chi connectivity index (χ1v) is 4.94. The van der Waals surface area contributed by atoms with E-state index in [1.807, 2.05) is 6.08 Å². The second-order valence-corrected chi connectivity index (χ2v) is 3.23. The van der Waals surface area contributed by atoms with Gasteiger partial charge in [0.15, 0.2) is 12.7 Å². The van der Waals surface area contributed by atoms with Gasteiger partial charge in [0.1, 0.15) is 0 Å². The maximum atomic E-state index is 8.25. The van der Waals surface area contributed by atoms with E-state index in [-0.39, 0.29) is 0 Å². The zero-order valence-corrected chi connectivity index (χ0v) is 9.15. The van der Waals surface area contributed by atoms with Crippen LogP contribution in [0.2, 0.25) is 0 Å². The number of fused-ring (bicyclic) bond motifs is 1. The molecule has 0 aliphatic carbocycles. The summed E-state index contributed by atoms with van der Waals surface area (Å²) in [6, 6.07) is 12.5. The van der Waals surface area contributed by atoms with Crippen LogP contribution >= 0.6 is 0 Å².